The zero-order chi connectivity index (χ0) is 21.8. The number of fused-ring (bicyclic) bond motifs is 2. The van der Waals surface area contributed by atoms with Gasteiger partial charge in [0.25, 0.3) is 11.5 Å². The number of hydrogen-bond acceptors (Lipinski definition) is 5. The Morgan fingerprint density at radius 3 is 2.71 bits per heavy atom. The van der Waals surface area contributed by atoms with E-state index in [1.54, 1.807) is 24.4 Å². The first kappa shape index (κ1) is 20.8. The van der Waals surface area contributed by atoms with Crippen LogP contribution in [0.1, 0.15) is 41.9 Å². The highest BCUT2D eigenvalue weighted by Gasteiger charge is 2.15. The van der Waals surface area contributed by atoms with Gasteiger partial charge in [0.15, 0.2) is 6.29 Å². The Morgan fingerprint density at radius 1 is 1.13 bits per heavy atom. The van der Waals surface area contributed by atoms with Gasteiger partial charge in [0.05, 0.1) is 5.69 Å². The van der Waals surface area contributed by atoms with Gasteiger partial charge < -0.3 is 19.8 Å². The first-order chi connectivity index (χ1) is 15.1. The Hall–Kier alpha value is -3.49. The number of rotatable bonds is 8. The predicted molar refractivity (Wildman–Crippen MR) is 117 cm³/mol. The van der Waals surface area contributed by atoms with Gasteiger partial charge in [0.1, 0.15) is 11.3 Å². The third-order valence-electron chi connectivity index (χ3n) is 4.85. The van der Waals surface area contributed by atoms with E-state index >= 15 is 0 Å². The van der Waals surface area contributed by atoms with Crippen LogP contribution in [0.5, 0.6) is 0 Å². The summed E-state index contributed by atoms with van der Waals surface area (Å²) in [6, 6.07) is 14.3. The standard InChI is InChI=1S/C23H24N4O4/c1-3-30-23(31-4-2)19-12-16-9-8-15(11-17(16)25-19)14-24-22(29)18-13-21(28)27-10-6-5-7-20(27)26-18/h5-13,23,25H,3-4,14H2,1-2H3,(H,24,29). The van der Waals surface area contributed by atoms with Crippen molar-refractivity contribution in [3.63, 3.8) is 0 Å². The summed E-state index contributed by atoms with van der Waals surface area (Å²) >= 11 is 0. The van der Waals surface area contributed by atoms with Crippen molar-refractivity contribution in [2.75, 3.05) is 13.2 Å². The minimum atomic E-state index is -0.441. The molecule has 3 aromatic heterocycles. The normalized spacial score (nSPS) is 11.5. The van der Waals surface area contributed by atoms with Gasteiger partial charge >= 0.3 is 0 Å². The lowest BCUT2D eigenvalue weighted by Crippen LogP contribution is -2.26. The Morgan fingerprint density at radius 2 is 1.94 bits per heavy atom. The maximum absolute atomic E-state index is 12.6. The van der Waals surface area contributed by atoms with Gasteiger partial charge in [0.2, 0.25) is 0 Å². The number of aromatic nitrogens is 3. The van der Waals surface area contributed by atoms with Crippen LogP contribution in [0.2, 0.25) is 0 Å². The van der Waals surface area contributed by atoms with Crippen molar-refractivity contribution in [3.05, 3.63) is 82.0 Å². The van der Waals surface area contributed by atoms with Crippen molar-refractivity contribution < 1.29 is 14.3 Å². The van der Waals surface area contributed by atoms with Crippen LogP contribution in [0.4, 0.5) is 0 Å². The molecule has 0 aliphatic heterocycles. The number of hydrogen-bond donors (Lipinski definition) is 2. The van der Waals surface area contributed by atoms with Gasteiger partial charge in [-0.25, -0.2) is 4.98 Å². The average Bonchev–Trinajstić information content (AvgIpc) is 3.20. The molecule has 1 aromatic carbocycles. The minimum Gasteiger partial charge on any atom is -0.354 e. The molecule has 0 fully saturated rings. The van der Waals surface area contributed by atoms with E-state index in [1.807, 2.05) is 38.1 Å². The molecule has 3 heterocycles. The highest BCUT2D eigenvalue weighted by Crippen LogP contribution is 2.24. The summed E-state index contributed by atoms with van der Waals surface area (Å²) in [7, 11) is 0. The molecular weight excluding hydrogens is 396 g/mol. The van der Waals surface area contributed by atoms with Crippen molar-refractivity contribution in [1.82, 2.24) is 19.7 Å². The summed E-state index contributed by atoms with van der Waals surface area (Å²) < 4.78 is 12.7. The van der Waals surface area contributed by atoms with Crippen LogP contribution in [0.25, 0.3) is 16.6 Å². The number of carbonyl (C=O) groups is 1. The molecule has 0 atom stereocenters. The molecule has 0 saturated carbocycles. The van der Waals surface area contributed by atoms with E-state index in [4.69, 9.17) is 9.47 Å². The minimum absolute atomic E-state index is 0.0932. The summed E-state index contributed by atoms with van der Waals surface area (Å²) in [4.78, 5) is 32.4. The highest BCUT2D eigenvalue weighted by atomic mass is 16.7. The van der Waals surface area contributed by atoms with Crippen LogP contribution in [0, 0.1) is 0 Å². The predicted octanol–water partition coefficient (Wildman–Crippen LogP) is 3.18. The molecule has 160 valence electrons. The van der Waals surface area contributed by atoms with Crippen molar-refractivity contribution in [2.45, 2.75) is 26.7 Å². The molecule has 2 N–H and O–H groups in total. The smallest absolute Gasteiger partial charge is 0.270 e. The number of amides is 1. The lowest BCUT2D eigenvalue weighted by atomic mass is 10.1. The third-order valence-corrected chi connectivity index (χ3v) is 4.85. The molecule has 0 radical (unpaired) electrons. The summed E-state index contributed by atoms with van der Waals surface area (Å²) in [5, 5.41) is 3.86. The van der Waals surface area contributed by atoms with Crippen LogP contribution >= 0.6 is 0 Å². The summed E-state index contributed by atoms with van der Waals surface area (Å²) in [5.41, 5.74) is 2.91. The Kier molecular flexibility index (Phi) is 6.11. The molecule has 4 rings (SSSR count). The van der Waals surface area contributed by atoms with Crippen molar-refractivity contribution >= 4 is 22.5 Å². The van der Waals surface area contributed by atoms with E-state index in [-0.39, 0.29) is 11.3 Å². The molecule has 0 unspecified atom stereocenters. The van der Waals surface area contributed by atoms with Crippen LogP contribution in [-0.4, -0.2) is 33.5 Å². The van der Waals surface area contributed by atoms with E-state index in [0.29, 0.717) is 25.4 Å². The van der Waals surface area contributed by atoms with Gasteiger partial charge in [-0.3, -0.25) is 14.0 Å². The summed E-state index contributed by atoms with van der Waals surface area (Å²) in [6.07, 6.45) is 1.18. The second-order valence-corrected chi connectivity index (χ2v) is 6.98. The molecule has 0 bridgehead atoms. The third kappa shape index (κ3) is 4.50. The molecule has 8 nitrogen and oxygen atoms in total. The maximum Gasteiger partial charge on any atom is 0.270 e. The number of ether oxygens (including phenoxy) is 2. The number of pyridine rings is 1. The molecule has 4 aromatic rings. The fourth-order valence-electron chi connectivity index (χ4n) is 3.41. The Bertz CT molecular complexity index is 1270. The van der Waals surface area contributed by atoms with Crippen LogP contribution < -0.4 is 10.9 Å². The molecular formula is C23H24N4O4. The fourth-order valence-corrected chi connectivity index (χ4v) is 3.41. The zero-order valence-corrected chi connectivity index (χ0v) is 17.4. The SMILES string of the molecule is CCOC(OCC)c1cc2ccc(CNC(=O)c3cc(=O)n4ccccc4n3)cc2[nH]1. The summed E-state index contributed by atoms with van der Waals surface area (Å²) in [5.74, 6) is -0.400. The average molecular weight is 420 g/mol. The van der Waals surface area contributed by atoms with Crippen molar-refractivity contribution in [3.8, 4) is 0 Å². The lowest BCUT2D eigenvalue weighted by molar-refractivity contribution is -0.142. The molecule has 0 saturated heterocycles. The topological polar surface area (TPSA) is 97.7 Å². The van der Waals surface area contributed by atoms with Crippen molar-refractivity contribution in [2.24, 2.45) is 0 Å². The van der Waals surface area contributed by atoms with Crippen LogP contribution in [-0.2, 0) is 16.0 Å². The van der Waals surface area contributed by atoms with E-state index in [9.17, 15) is 9.59 Å². The number of nitrogens with one attached hydrogen (secondary N) is 2. The molecule has 0 aliphatic carbocycles. The lowest BCUT2D eigenvalue weighted by Gasteiger charge is -2.15. The number of nitrogens with zero attached hydrogens (tertiary/aromatic N) is 2. The van der Waals surface area contributed by atoms with E-state index in [1.165, 1.54) is 10.5 Å². The number of benzene rings is 1. The van der Waals surface area contributed by atoms with E-state index < -0.39 is 12.2 Å². The Balaban J connectivity index is 1.50. The van der Waals surface area contributed by atoms with Gasteiger partial charge in [-0.2, -0.15) is 0 Å². The zero-order valence-electron chi connectivity index (χ0n) is 17.4. The number of H-pyrrole nitrogens is 1. The second kappa shape index (κ2) is 9.11. The van der Waals surface area contributed by atoms with E-state index in [0.717, 1.165) is 22.2 Å². The number of aromatic amines is 1. The largest absolute Gasteiger partial charge is 0.354 e. The van der Waals surface area contributed by atoms with Crippen molar-refractivity contribution in [1.29, 1.82) is 0 Å². The second-order valence-electron chi connectivity index (χ2n) is 6.98. The van der Waals surface area contributed by atoms with Gasteiger partial charge in [-0.15, -0.1) is 0 Å². The van der Waals surface area contributed by atoms with Gasteiger partial charge in [0, 0.05) is 37.5 Å². The van der Waals surface area contributed by atoms with Gasteiger partial charge in [-0.1, -0.05) is 18.2 Å². The van der Waals surface area contributed by atoms with E-state index in [2.05, 4.69) is 15.3 Å². The monoisotopic (exact) mass is 420 g/mol. The number of carbonyl (C=O) groups excluding carboxylic acids is 1. The summed E-state index contributed by atoms with van der Waals surface area (Å²) in [6.45, 7) is 5.25. The maximum atomic E-state index is 12.6. The molecule has 8 heteroatoms. The molecule has 31 heavy (non-hydrogen) atoms. The first-order valence-electron chi connectivity index (χ1n) is 10.2. The fraction of sp³-hybridized carbons (Fsp3) is 0.261. The highest BCUT2D eigenvalue weighted by molar-refractivity contribution is 5.92. The van der Waals surface area contributed by atoms with Gasteiger partial charge in [-0.05, 0) is 49.1 Å². The van der Waals surface area contributed by atoms with Crippen LogP contribution in [0.15, 0.2) is 59.5 Å². The quantitative estimate of drug-likeness (QED) is 0.427. The molecule has 0 aliphatic rings. The molecule has 1 amide bonds. The Labute approximate surface area is 178 Å². The van der Waals surface area contributed by atoms with Crippen LogP contribution in [0.3, 0.4) is 0 Å². The first-order valence-corrected chi connectivity index (χ1v) is 10.2. The molecule has 0 spiro atoms.